The zero-order valence-electron chi connectivity index (χ0n) is 18.5. The second-order valence-corrected chi connectivity index (χ2v) is 9.81. The topological polar surface area (TPSA) is 69.6 Å². The van der Waals surface area contributed by atoms with E-state index in [0.29, 0.717) is 24.7 Å². The van der Waals surface area contributed by atoms with Gasteiger partial charge in [-0.1, -0.05) is 12.8 Å². The Balaban J connectivity index is 1.89. The van der Waals surface area contributed by atoms with Gasteiger partial charge in [0.25, 0.3) is 11.5 Å². The monoisotopic (exact) mass is 412 g/mol. The van der Waals surface area contributed by atoms with Crippen molar-refractivity contribution in [2.24, 2.45) is 5.41 Å². The molecule has 0 radical (unpaired) electrons. The number of aryl methyl sites for hydroxylation is 1. The van der Waals surface area contributed by atoms with Crippen molar-refractivity contribution in [3.05, 3.63) is 34.1 Å². The molecule has 1 fully saturated rings. The Bertz CT molecular complexity index is 1030. The normalized spacial score (nSPS) is 18.4. The molecule has 1 saturated carbocycles. The molecule has 0 atom stereocenters. The van der Waals surface area contributed by atoms with Crippen LogP contribution in [0.3, 0.4) is 0 Å². The van der Waals surface area contributed by atoms with Crippen LogP contribution in [-0.2, 0) is 6.54 Å². The third-order valence-corrected chi connectivity index (χ3v) is 6.53. The van der Waals surface area contributed by atoms with Gasteiger partial charge in [-0.15, -0.1) is 0 Å². The third-order valence-electron chi connectivity index (χ3n) is 6.53. The maximum Gasteiger partial charge on any atom is 0.264 e. The Morgan fingerprint density at radius 3 is 2.57 bits per heavy atom. The van der Waals surface area contributed by atoms with Gasteiger partial charge in [0.1, 0.15) is 5.56 Å². The largest absolute Gasteiger partial charge is 0.493 e. The first-order valence-corrected chi connectivity index (χ1v) is 10.9. The SMILES string of the molecule is COc1ccc2cc(C(=O)NC(C)(C)C)c(=O)n3c2c1OCCC1(CCCC1)CC3. The maximum atomic E-state index is 13.5. The molecule has 1 aromatic carbocycles. The second kappa shape index (κ2) is 7.64. The van der Waals surface area contributed by atoms with E-state index in [9.17, 15) is 9.59 Å². The zero-order valence-corrected chi connectivity index (χ0v) is 18.5. The van der Waals surface area contributed by atoms with Crippen LogP contribution in [0.1, 0.15) is 69.7 Å². The predicted octanol–water partition coefficient (Wildman–Crippen LogP) is 4.27. The minimum absolute atomic E-state index is 0.174. The van der Waals surface area contributed by atoms with Crippen molar-refractivity contribution in [2.45, 2.75) is 71.4 Å². The summed E-state index contributed by atoms with van der Waals surface area (Å²) in [6.45, 7) is 6.92. The van der Waals surface area contributed by atoms with Crippen LogP contribution in [0.25, 0.3) is 10.9 Å². The average molecular weight is 413 g/mol. The van der Waals surface area contributed by atoms with E-state index < -0.39 is 5.54 Å². The summed E-state index contributed by atoms with van der Waals surface area (Å²) in [5, 5.41) is 3.74. The van der Waals surface area contributed by atoms with Gasteiger partial charge in [-0.25, -0.2) is 0 Å². The number of hydrogen-bond acceptors (Lipinski definition) is 4. The highest BCUT2D eigenvalue weighted by Gasteiger charge is 2.35. The van der Waals surface area contributed by atoms with E-state index >= 15 is 0 Å². The van der Waals surface area contributed by atoms with Gasteiger partial charge in [0.2, 0.25) is 0 Å². The molecule has 4 rings (SSSR count). The Morgan fingerprint density at radius 1 is 1.17 bits per heavy atom. The van der Waals surface area contributed by atoms with E-state index in [2.05, 4.69) is 5.32 Å². The molecule has 6 heteroatoms. The molecule has 2 aliphatic rings. The van der Waals surface area contributed by atoms with Gasteiger partial charge in [0.05, 0.1) is 19.2 Å². The zero-order chi connectivity index (χ0) is 21.5. The van der Waals surface area contributed by atoms with Crippen molar-refractivity contribution in [1.82, 2.24) is 9.88 Å². The molecule has 1 aliphatic heterocycles. The fourth-order valence-electron chi connectivity index (χ4n) is 4.98. The van der Waals surface area contributed by atoms with Crippen molar-refractivity contribution < 1.29 is 14.3 Å². The van der Waals surface area contributed by atoms with Gasteiger partial charge >= 0.3 is 0 Å². The van der Waals surface area contributed by atoms with E-state index in [4.69, 9.17) is 9.47 Å². The van der Waals surface area contributed by atoms with Crippen molar-refractivity contribution in [3.63, 3.8) is 0 Å². The van der Waals surface area contributed by atoms with Crippen LogP contribution >= 0.6 is 0 Å². The fourth-order valence-corrected chi connectivity index (χ4v) is 4.98. The number of carbonyl (C=O) groups excluding carboxylic acids is 1. The highest BCUT2D eigenvalue weighted by atomic mass is 16.5. The number of benzene rings is 1. The highest BCUT2D eigenvalue weighted by molar-refractivity contribution is 5.99. The van der Waals surface area contributed by atoms with E-state index in [1.165, 1.54) is 25.7 Å². The Labute approximate surface area is 177 Å². The Kier molecular flexibility index (Phi) is 5.28. The molecule has 0 bridgehead atoms. The van der Waals surface area contributed by atoms with Crippen molar-refractivity contribution in [2.75, 3.05) is 13.7 Å². The molecule has 1 aromatic heterocycles. The lowest BCUT2D eigenvalue weighted by Gasteiger charge is -2.28. The maximum absolute atomic E-state index is 13.5. The summed E-state index contributed by atoms with van der Waals surface area (Å²) < 4.78 is 13.5. The first kappa shape index (κ1) is 20.8. The summed E-state index contributed by atoms with van der Waals surface area (Å²) in [5.41, 5.74) is 0.423. The number of pyridine rings is 1. The first-order valence-electron chi connectivity index (χ1n) is 10.9. The number of nitrogens with one attached hydrogen (secondary N) is 1. The number of nitrogens with zero attached hydrogens (tertiary/aromatic N) is 1. The average Bonchev–Trinajstić information content (AvgIpc) is 3.16. The Morgan fingerprint density at radius 2 is 1.90 bits per heavy atom. The lowest BCUT2D eigenvalue weighted by Crippen LogP contribution is -2.43. The third kappa shape index (κ3) is 3.80. The predicted molar refractivity (Wildman–Crippen MR) is 118 cm³/mol. The van der Waals surface area contributed by atoms with Gasteiger partial charge in [0, 0.05) is 17.5 Å². The van der Waals surface area contributed by atoms with Gasteiger partial charge < -0.3 is 19.4 Å². The molecule has 1 N–H and O–H groups in total. The summed E-state index contributed by atoms with van der Waals surface area (Å²) in [7, 11) is 1.61. The molecule has 2 heterocycles. The smallest absolute Gasteiger partial charge is 0.264 e. The number of methoxy groups -OCH3 is 1. The molecule has 2 aromatic rings. The minimum atomic E-state index is -0.422. The van der Waals surface area contributed by atoms with Crippen LogP contribution in [0, 0.1) is 5.41 Å². The molecule has 1 aliphatic carbocycles. The molecule has 162 valence electrons. The Hall–Kier alpha value is -2.50. The molecular weight excluding hydrogens is 380 g/mol. The molecule has 1 amide bonds. The molecule has 1 spiro atoms. The van der Waals surface area contributed by atoms with Gasteiger partial charge in [0.15, 0.2) is 11.5 Å². The van der Waals surface area contributed by atoms with Gasteiger partial charge in [-0.2, -0.15) is 0 Å². The molecule has 6 nitrogen and oxygen atoms in total. The number of ether oxygens (including phenoxy) is 2. The quantitative estimate of drug-likeness (QED) is 0.800. The standard InChI is InChI=1S/C24H32N2O4/c1-23(2,3)25-21(27)17-15-16-7-8-18(29-4)20-19(16)26(22(17)28)13-11-24(12-14-30-20)9-5-6-10-24/h7-8,15H,5-6,9-14H2,1-4H3,(H,25,27). The van der Waals surface area contributed by atoms with Crippen LogP contribution in [0.2, 0.25) is 0 Å². The number of carbonyl (C=O) groups is 1. The van der Waals surface area contributed by atoms with E-state index in [0.717, 1.165) is 23.7 Å². The van der Waals surface area contributed by atoms with Crippen molar-refractivity contribution in [1.29, 1.82) is 0 Å². The van der Waals surface area contributed by atoms with Crippen molar-refractivity contribution >= 4 is 16.8 Å². The molecule has 30 heavy (non-hydrogen) atoms. The number of rotatable bonds is 2. The second-order valence-electron chi connectivity index (χ2n) is 9.81. The van der Waals surface area contributed by atoms with Crippen LogP contribution < -0.4 is 20.3 Å². The molecule has 0 unspecified atom stereocenters. The molecular formula is C24H32N2O4. The first-order chi connectivity index (χ1) is 14.2. The van der Waals surface area contributed by atoms with Crippen LogP contribution in [0.4, 0.5) is 0 Å². The number of amides is 1. The highest BCUT2D eigenvalue weighted by Crippen LogP contribution is 2.46. The van der Waals surface area contributed by atoms with Crippen LogP contribution in [-0.4, -0.2) is 29.7 Å². The fraction of sp³-hybridized carbons (Fsp3) is 0.583. The number of hydrogen-bond donors (Lipinski definition) is 1. The lowest BCUT2D eigenvalue weighted by atomic mass is 9.80. The summed E-state index contributed by atoms with van der Waals surface area (Å²) >= 11 is 0. The van der Waals surface area contributed by atoms with Gasteiger partial charge in [-0.05, 0) is 70.1 Å². The summed E-state index contributed by atoms with van der Waals surface area (Å²) in [6.07, 6.45) is 6.71. The summed E-state index contributed by atoms with van der Waals surface area (Å²) in [6, 6.07) is 5.43. The summed E-state index contributed by atoms with van der Waals surface area (Å²) in [5.74, 6) is 0.877. The van der Waals surface area contributed by atoms with E-state index in [1.807, 2.05) is 32.9 Å². The molecule has 0 saturated heterocycles. The van der Waals surface area contributed by atoms with E-state index in [1.54, 1.807) is 17.7 Å². The lowest BCUT2D eigenvalue weighted by molar-refractivity contribution is 0.0917. The van der Waals surface area contributed by atoms with Crippen LogP contribution in [0.15, 0.2) is 23.0 Å². The van der Waals surface area contributed by atoms with Gasteiger partial charge in [-0.3, -0.25) is 9.59 Å². The van der Waals surface area contributed by atoms with Crippen molar-refractivity contribution in [3.8, 4) is 11.5 Å². The number of aromatic nitrogens is 1. The van der Waals surface area contributed by atoms with Crippen LogP contribution in [0.5, 0.6) is 11.5 Å². The minimum Gasteiger partial charge on any atom is -0.493 e. The summed E-state index contributed by atoms with van der Waals surface area (Å²) in [4.78, 5) is 26.4. The van der Waals surface area contributed by atoms with E-state index in [-0.39, 0.29) is 22.4 Å².